The highest BCUT2D eigenvalue weighted by molar-refractivity contribution is 5.70. The van der Waals surface area contributed by atoms with Crippen molar-refractivity contribution in [2.24, 2.45) is 17.6 Å². The van der Waals surface area contributed by atoms with Crippen molar-refractivity contribution in [3.63, 3.8) is 0 Å². The van der Waals surface area contributed by atoms with Gasteiger partial charge in [-0.1, -0.05) is 19.1 Å². The van der Waals surface area contributed by atoms with Crippen LogP contribution in [0.25, 0.3) is 0 Å². The molecule has 0 aliphatic rings. The number of hydrogen-bond donors (Lipinski definition) is 2. The van der Waals surface area contributed by atoms with Crippen LogP contribution in [0.2, 0.25) is 0 Å². The van der Waals surface area contributed by atoms with E-state index in [9.17, 15) is 31.1 Å². The molecule has 0 fully saturated rings. The average molecular weight is 357 g/mol. The van der Waals surface area contributed by atoms with Crippen molar-refractivity contribution in [2.75, 3.05) is 6.54 Å². The molecule has 1 aromatic rings. The molecule has 3 N–H and O–H groups in total. The van der Waals surface area contributed by atoms with Crippen molar-refractivity contribution in [1.29, 1.82) is 0 Å². The molecule has 0 amide bonds. The van der Waals surface area contributed by atoms with Crippen molar-refractivity contribution in [3.8, 4) is 0 Å². The first-order valence-corrected chi connectivity index (χ1v) is 7.07. The number of aliphatic carboxylic acids is 1. The zero-order valence-corrected chi connectivity index (χ0v) is 12.7. The number of nitrogens with two attached hydrogens (primary N) is 1. The molecule has 0 aliphatic heterocycles. The van der Waals surface area contributed by atoms with Gasteiger partial charge in [-0.3, -0.25) is 4.79 Å². The smallest absolute Gasteiger partial charge is 0.417 e. The van der Waals surface area contributed by atoms with Crippen LogP contribution in [0.4, 0.5) is 26.3 Å². The van der Waals surface area contributed by atoms with Gasteiger partial charge in [0.1, 0.15) is 0 Å². The van der Waals surface area contributed by atoms with Gasteiger partial charge in [0.05, 0.1) is 17.0 Å². The number of rotatable bonds is 6. The van der Waals surface area contributed by atoms with Crippen LogP contribution >= 0.6 is 0 Å². The number of halogens is 6. The lowest BCUT2D eigenvalue weighted by Gasteiger charge is -2.22. The normalized spacial score (nSPS) is 15.2. The second-order valence-electron chi connectivity index (χ2n) is 5.65. The Morgan fingerprint density at radius 1 is 1.17 bits per heavy atom. The molecule has 0 heterocycles. The summed E-state index contributed by atoms with van der Waals surface area (Å²) in [5.74, 6) is -2.73. The van der Waals surface area contributed by atoms with Crippen molar-refractivity contribution >= 4 is 5.97 Å². The number of hydrogen-bond acceptors (Lipinski definition) is 2. The maximum absolute atomic E-state index is 13.1. The summed E-state index contributed by atoms with van der Waals surface area (Å²) in [6.45, 7) is 1.28. The van der Waals surface area contributed by atoms with E-state index >= 15 is 0 Å². The first kappa shape index (κ1) is 20.3. The van der Waals surface area contributed by atoms with E-state index < -0.39 is 46.8 Å². The minimum Gasteiger partial charge on any atom is -0.481 e. The Kier molecular flexibility index (Phi) is 6.26. The van der Waals surface area contributed by atoms with E-state index in [1.807, 2.05) is 0 Å². The Bertz CT molecular complexity index is 582. The van der Waals surface area contributed by atoms with E-state index in [0.717, 1.165) is 12.1 Å². The highest BCUT2D eigenvalue weighted by atomic mass is 19.4. The van der Waals surface area contributed by atoms with Crippen molar-refractivity contribution < 1.29 is 36.2 Å². The zero-order chi connectivity index (χ0) is 18.7. The van der Waals surface area contributed by atoms with Gasteiger partial charge in [0, 0.05) is 6.54 Å². The Morgan fingerprint density at radius 2 is 1.75 bits per heavy atom. The third kappa shape index (κ3) is 5.12. The maximum atomic E-state index is 13.1. The summed E-state index contributed by atoms with van der Waals surface area (Å²) in [6.07, 6.45) is -10.7. The first-order chi connectivity index (χ1) is 10.9. The fourth-order valence-electron chi connectivity index (χ4n) is 2.58. The lowest BCUT2D eigenvalue weighted by atomic mass is 9.87. The quantitative estimate of drug-likeness (QED) is 0.758. The second-order valence-corrected chi connectivity index (χ2v) is 5.65. The van der Waals surface area contributed by atoms with Crippen LogP contribution < -0.4 is 5.73 Å². The Balaban J connectivity index is 3.18. The topological polar surface area (TPSA) is 63.3 Å². The van der Waals surface area contributed by atoms with Crippen LogP contribution in [-0.2, 0) is 23.6 Å². The fourth-order valence-corrected chi connectivity index (χ4v) is 2.58. The van der Waals surface area contributed by atoms with E-state index in [2.05, 4.69) is 0 Å². The van der Waals surface area contributed by atoms with Crippen molar-refractivity contribution in [3.05, 3.63) is 34.9 Å². The molecule has 1 rings (SSSR count). The number of benzene rings is 1. The minimum absolute atomic E-state index is 0.0284. The molecule has 0 radical (unpaired) electrons. The van der Waals surface area contributed by atoms with Gasteiger partial charge in [0.25, 0.3) is 0 Å². The summed E-state index contributed by atoms with van der Waals surface area (Å²) in [6, 6.07) is 2.28. The molecule has 24 heavy (non-hydrogen) atoms. The average Bonchev–Trinajstić information content (AvgIpc) is 2.42. The minimum atomic E-state index is -5.17. The molecular formula is C15H17F6NO2. The van der Waals surface area contributed by atoms with E-state index in [-0.39, 0.29) is 19.4 Å². The largest absolute Gasteiger partial charge is 0.481 e. The summed E-state index contributed by atoms with van der Waals surface area (Å²) < 4.78 is 78.0. The van der Waals surface area contributed by atoms with Crippen LogP contribution in [0.15, 0.2) is 18.2 Å². The van der Waals surface area contributed by atoms with Gasteiger partial charge in [-0.25, -0.2) is 0 Å². The molecule has 2 unspecified atom stereocenters. The monoisotopic (exact) mass is 357 g/mol. The number of alkyl halides is 6. The summed E-state index contributed by atoms with van der Waals surface area (Å²) in [4.78, 5) is 10.9. The van der Waals surface area contributed by atoms with E-state index in [4.69, 9.17) is 10.8 Å². The molecular weight excluding hydrogens is 340 g/mol. The molecule has 9 heteroatoms. The van der Waals surface area contributed by atoms with Gasteiger partial charge in [-0.05, 0) is 30.4 Å². The summed E-state index contributed by atoms with van der Waals surface area (Å²) in [7, 11) is 0. The van der Waals surface area contributed by atoms with Gasteiger partial charge in [-0.2, -0.15) is 26.3 Å². The molecule has 0 aliphatic carbocycles. The highest BCUT2D eigenvalue weighted by Gasteiger charge is 2.44. The van der Waals surface area contributed by atoms with Crippen LogP contribution in [0.3, 0.4) is 0 Å². The standard InChI is InChI=1S/C15H17F6NO2/c1-8(6-10(7-22)13(23)24)5-9-3-2-4-11(14(16,17)18)12(9)15(19,20)21/h2-4,8,10H,5-7,22H2,1H3,(H,23,24). The molecule has 0 bridgehead atoms. The van der Waals surface area contributed by atoms with E-state index in [1.54, 1.807) is 0 Å². The number of carboxylic acids is 1. The molecule has 2 atom stereocenters. The van der Waals surface area contributed by atoms with E-state index in [1.165, 1.54) is 6.92 Å². The molecule has 0 saturated heterocycles. The summed E-state index contributed by atoms with van der Waals surface area (Å²) >= 11 is 0. The predicted molar refractivity (Wildman–Crippen MR) is 74.1 cm³/mol. The second kappa shape index (κ2) is 7.42. The summed E-state index contributed by atoms with van der Waals surface area (Å²) in [5.41, 5.74) is 1.32. The van der Waals surface area contributed by atoms with E-state index in [0.29, 0.717) is 6.07 Å². The van der Waals surface area contributed by atoms with Crippen molar-refractivity contribution in [1.82, 2.24) is 0 Å². The number of carboxylic acid groups (broad SMARTS) is 1. The molecule has 0 saturated carbocycles. The third-order valence-corrected chi connectivity index (χ3v) is 3.63. The zero-order valence-electron chi connectivity index (χ0n) is 12.7. The lowest BCUT2D eigenvalue weighted by Crippen LogP contribution is -2.26. The SMILES string of the molecule is CC(Cc1cccc(C(F)(F)F)c1C(F)(F)F)CC(CN)C(=O)O. The van der Waals surface area contributed by atoms with Crippen LogP contribution in [0.1, 0.15) is 30.0 Å². The maximum Gasteiger partial charge on any atom is 0.417 e. The molecule has 136 valence electrons. The lowest BCUT2D eigenvalue weighted by molar-refractivity contribution is -0.162. The van der Waals surface area contributed by atoms with Gasteiger partial charge < -0.3 is 10.8 Å². The Hall–Kier alpha value is -1.77. The van der Waals surface area contributed by atoms with Crippen LogP contribution in [0, 0.1) is 11.8 Å². The van der Waals surface area contributed by atoms with Crippen LogP contribution in [-0.4, -0.2) is 17.6 Å². The van der Waals surface area contributed by atoms with Crippen LogP contribution in [0.5, 0.6) is 0 Å². The number of carbonyl (C=O) groups is 1. The predicted octanol–water partition coefficient (Wildman–Crippen LogP) is 3.95. The van der Waals surface area contributed by atoms with Gasteiger partial charge >= 0.3 is 18.3 Å². The molecule has 0 aromatic heterocycles. The molecule has 0 spiro atoms. The molecule has 1 aromatic carbocycles. The van der Waals surface area contributed by atoms with Gasteiger partial charge in [-0.15, -0.1) is 0 Å². The van der Waals surface area contributed by atoms with Crippen molar-refractivity contribution in [2.45, 2.75) is 32.1 Å². The van der Waals surface area contributed by atoms with Gasteiger partial charge in [0.2, 0.25) is 0 Å². The fraction of sp³-hybridized carbons (Fsp3) is 0.533. The Morgan fingerprint density at radius 3 is 2.17 bits per heavy atom. The third-order valence-electron chi connectivity index (χ3n) is 3.63. The highest BCUT2D eigenvalue weighted by Crippen LogP contribution is 2.42. The summed E-state index contributed by atoms with van der Waals surface area (Å²) in [5, 5.41) is 8.91. The first-order valence-electron chi connectivity index (χ1n) is 7.07. The van der Waals surface area contributed by atoms with Gasteiger partial charge in [0.15, 0.2) is 0 Å². The Labute approximate surface area is 134 Å². The molecule has 3 nitrogen and oxygen atoms in total.